The Labute approximate surface area is 177 Å². The summed E-state index contributed by atoms with van der Waals surface area (Å²) in [4.78, 5) is 26.8. The fourth-order valence-electron chi connectivity index (χ4n) is 5.98. The van der Waals surface area contributed by atoms with Gasteiger partial charge in [0.2, 0.25) is 0 Å². The molecule has 5 rings (SSSR count). The van der Waals surface area contributed by atoms with Crippen LogP contribution < -0.4 is 10.2 Å². The number of carbonyl (C=O) groups excluding carboxylic acids is 2. The molecule has 0 aromatic heterocycles. The van der Waals surface area contributed by atoms with Gasteiger partial charge in [0.05, 0.1) is 0 Å². The van der Waals surface area contributed by atoms with Gasteiger partial charge in [0.1, 0.15) is 11.6 Å². The van der Waals surface area contributed by atoms with Gasteiger partial charge in [-0.15, -0.1) is 0 Å². The average molecular weight is 408 g/mol. The summed E-state index contributed by atoms with van der Waals surface area (Å²) in [6.45, 7) is -0.348. The molecule has 6 heteroatoms. The van der Waals surface area contributed by atoms with Crippen LogP contribution in [0.4, 0.5) is 5.69 Å². The number of nitriles is 1. The molecule has 4 aliphatic carbocycles. The Kier molecular flexibility index (Phi) is 5.55. The van der Waals surface area contributed by atoms with Crippen molar-refractivity contribution in [3.8, 4) is 6.07 Å². The van der Waals surface area contributed by atoms with Gasteiger partial charge in [-0.3, -0.25) is 4.79 Å². The van der Waals surface area contributed by atoms with Crippen molar-refractivity contribution in [2.24, 2.45) is 17.8 Å². The lowest BCUT2D eigenvalue weighted by Crippen LogP contribution is -2.60. The van der Waals surface area contributed by atoms with Crippen LogP contribution in [0.15, 0.2) is 29.8 Å². The number of ether oxygens (including phenoxy) is 1. The van der Waals surface area contributed by atoms with E-state index >= 15 is 0 Å². The van der Waals surface area contributed by atoms with Gasteiger partial charge >= 0.3 is 5.97 Å². The Balaban J connectivity index is 1.33. The zero-order chi connectivity index (χ0) is 21.3. The first-order valence-corrected chi connectivity index (χ1v) is 10.7. The maximum atomic E-state index is 12.5. The van der Waals surface area contributed by atoms with E-state index in [1.165, 1.54) is 25.3 Å². The van der Waals surface area contributed by atoms with Gasteiger partial charge in [0.15, 0.2) is 6.61 Å². The summed E-state index contributed by atoms with van der Waals surface area (Å²) in [5, 5.41) is 12.5. The predicted molar refractivity (Wildman–Crippen MR) is 114 cm³/mol. The zero-order valence-electron chi connectivity index (χ0n) is 17.7. The SMILES string of the molecule is CN(C)c1ccc(C=C(C#N)C(=O)OCC(=O)NC23CC4CC(CC(C4)C2)C3)cc1. The third-order valence-electron chi connectivity index (χ3n) is 6.84. The fraction of sp³-hybridized carbons (Fsp3) is 0.542. The van der Waals surface area contributed by atoms with Crippen molar-refractivity contribution in [3.05, 3.63) is 35.4 Å². The van der Waals surface area contributed by atoms with Crippen molar-refractivity contribution in [1.82, 2.24) is 5.32 Å². The number of anilines is 1. The average Bonchev–Trinajstić information content (AvgIpc) is 2.69. The highest BCUT2D eigenvalue weighted by molar-refractivity contribution is 5.98. The molecule has 0 unspecified atom stereocenters. The van der Waals surface area contributed by atoms with E-state index in [9.17, 15) is 14.9 Å². The molecule has 1 aromatic carbocycles. The first kappa shape index (κ1) is 20.5. The van der Waals surface area contributed by atoms with Crippen molar-refractivity contribution in [3.63, 3.8) is 0 Å². The standard InChI is InChI=1S/C24H29N3O3/c1-27(2)21-5-3-16(4-6-21)10-20(14-25)23(29)30-15-22(28)26-24-11-17-7-18(12-24)9-19(8-17)13-24/h3-6,10,17-19H,7-9,11-13,15H2,1-2H3,(H,26,28). The van der Waals surface area contributed by atoms with Gasteiger partial charge in [-0.05, 0) is 80.1 Å². The molecule has 0 aliphatic heterocycles. The number of nitrogens with zero attached hydrogens (tertiary/aromatic N) is 2. The molecule has 4 aliphatic rings. The fourth-order valence-corrected chi connectivity index (χ4v) is 5.98. The second-order valence-electron chi connectivity index (χ2n) is 9.48. The minimum atomic E-state index is -0.769. The van der Waals surface area contributed by atoms with E-state index in [1.807, 2.05) is 49.3 Å². The highest BCUT2D eigenvalue weighted by Gasteiger charge is 2.51. The minimum Gasteiger partial charge on any atom is -0.451 e. The maximum absolute atomic E-state index is 12.5. The Bertz CT molecular complexity index is 860. The molecular weight excluding hydrogens is 378 g/mol. The van der Waals surface area contributed by atoms with Crippen molar-refractivity contribution in [1.29, 1.82) is 5.26 Å². The summed E-state index contributed by atoms with van der Waals surface area (Å²) in [7, 11) is 3.88. The Morgan fingerprint density at radius 1 is 1.13 bits per heavy atom. The smallest absolute Gasteiger partial charge is 0.349 e. The largest absolute Gasteiger partial charge is 0.451 e. The first-order valence-electron chi connectivity index (χ1n) is 10.7. The van der Waals surface area contributed by atoms with Gasteiger partial charge in [-0.1, -0.05) is 12.1 Å². The normalized spacial score (nSPS) is 29.2. The van der Waals surface area contributed by atoms with Crippen LogP contribution in [0.25, 0.3) is 6.08 Å². The van der Waals surface area contributed by atoms with Crippen LogP contribution in [0.3, 0.4) is 0 Å². The molecule has 0 heterocycles. The summed E-state index contributed by atoms with van der Waals surface area (Å²) >= 11 is 0. The monoisotopic (exact) mass is 407 g/mol. The van der Waals surface area contributed by atoms with Crippen LogP contribution in [-0.2, 0) is 14.3 Å². The molecule has 158 valence electrons. The van der Waals surface area contributed by atoms with Crippen molar-refractivity contribution >= 4 is 23.6 Å². The number of hydrogen-bond acceptors (Lipinski definition) is 5. The molecule has 1 amide bonds. The summed E-state index contributed by atoms with van der Waals surface area (Å²) in [6.07, 6.45) is 8.53. The third kappa shape index (κ3) is 4.35. The second kappa shape index (κ2) is 8.14. The Morgan fingerprint density at radius 2 is 1.70 bits per heavy atom. The number of benzene rings is 1. The van der Waals surface area contributed by atoms with Crippen LogP contribution in [0.1, 0.15) is 44.1 Å². The van der Waals surface area contributed by atoms with Crippen LogP contribution >= 0.6 is 0 Å². The topological polar surface area (TPSA) is 82.4 Å². The number of nitrogens with one attached hydrogen (secondary N) is 1. The van der Waals surface area contributed by atoms with E-state index in [0.717, 1.165) is 48.3 Å². The molecule has 4 bridgehead atoms. The molecule has 4 saturated carbocycles. The van der Waals surface area contributed by atoms with Gasteiger partial charge in [0, 0.05) is 25.3 Å². The quantitative estimate of drug-likeness (QED) is 0.445. The maximum Gasteiger partial charge on any atom is 0.349 e. The second-order valence-corrected chi connectivity index (χ2v) is 9.48. The van der Waals surface area contributed by atoms with Crippen LogP contribution in [-0.4, -0.2) is 38.1 Å². The van der Waals surface area contributed by atoms with Gasteiger partial charge in [-0.2, -0.15) is 5.26 Å². The Morgan fingerprint density at radius 3 is 2.20 bits per heavy atom. The van der Waals surface area contributed by atoms with Gasteiger partial charge in [-0.25, -0.2) is 4.79 Å². The van der Waals surface area contributed by atoms with Crippen LogP contribution in [0.5, 0.6) is 0 Å². The highest BCUT2D eigenvalue weighted by atomic mass is 16.5. The molecule has 0 radical (unpaired) electrons. The van der Waals surface area contributed by atoms with Crippen molar-refractivity contribution in [2.75, 3.05) is 25.6 Å². The van der Waals surface area contributed by atoms with E-state index in [1.54, 1.807) is 0 Å². The number of amides is 1. The number of rotatable bonds is 6. The minimum absolute atomic E-state index is 0.111. The summed E-state index contributed by atoms with van der Waals surface area (Å²) in [6, 6.07) is 9.36. The summed E-state index contributed by atoms with van der Waals surface area (Å²) in [5.41, 5.74) is 1.53. The van der Waals surface area contributed by atoms with Gasteiger partial charge < -0.3 is 15.0 Å². The number of carbonyl (C=O) groups is 2. The molecule has 4 fully saturated rings. The predicted octanol–water partition coefficient (Wildman–Crippen LogP) is 3.29. The van der Waals surface area contributed by atoms with E-state index in [4.69, 9.17) is 4.74 Å². The molecule has 1 N–H and O–H groups in total. The molecule has 0 saturated heterocycles. The van der Waals surface area contributed by atoms with Crippen LogP contribution in [0.2, 0.25) is 0 Å². The zero-order valence-corrected chi connectivity index (χ0v) is 17.7. The molecular formula is C24H29N3O3. The highest BCUT2D eigenvalue weighted by Crippen LogP contribution is 2.55. The van der Waals surface area contributed by atoms with E-state index in [2.05, 4.69) is 5.32 Å². The molecule has 0 spiro atoms. The molecule has 1 aromatic rings. The summed E-state index contributed by atoms with van der Waals surface area (Å²) < 4.78 is 5.15. The molecule has 0 atom stereocenters. The lowest BCUT2D eigenvalue weighted by Gasteiger charge is -2.56. The lowest BCUT2D eigenvalue weighted by molar-refractivity contribution is -0.146. The molecule has 30 heavy (non-hydrogen) atoms. The van der Waals surface area contributed by atoms with Crippen LogP contribution in [0, 0.1) is 29.1 Å². The van der Waals surface area contributed by atoms with E-state index in [-0.39, 0.29) is 23.6 Å². The summed E-state index contributed by atoms with van der Waals surface area (Å²) in [5.74, 6) is 1.15. The van der Waals surface area contributed by atoms with Gasteiger partial charge in [0.25, 0.3) is 5.91 Å². The number of hydrogen-bond donors (Lipinski definition) is 1. The lowest BCUT2D eigenvalue weighted by atomic mass is 9.53. The van der Waals surface area contributed by atoms with Crippen molar-refractivity contribution in [2.45, 2.75) is 44.1 Å². The Hall–Kier alpha value is -2.81. The van der Waals surface area contributed by atoms with Crippen molar-refractivity contribution < 1.29 is 14.3 Å². The van der Waals surface area contributed by atoms with E-state index < -0.39 is 5.97 Å². The number of esters is 1. The third-order valence-corrected chi connectivity index (χ3v) is 6.84. The molecule has 6 nitrogen and oxygen atoms in total. The van der Waals surface area contributed by atoms with E-state index in [0.29, 0.717) is 0 Å². The first-order chi connectivity index (χ1) is 14.4.